The van der Waals surface area contributed by atoms with Gasteiger partial charge >= 0.3 is 51.9 Å². The number of hydrogen-bond donors (Lipinski definition) is 4. The summed E-state index contributed by atoms with van der Waals surface area (Å²) in [6.45, 7) is 33.3. The van der Waals surface area contributed by atoms with Crippen molar-refractivity contribution < 1.29 is 147 Å². The van der Waals surface area contributed by atoms with E-state index in [1.807, 2.05) is 27.7 Å². The molecule has 0 saturated carbocycles. The molecule has 0 atom stereocenters. The number of benzene rings is 4. The molecule has 27 heteroatoms. The van der Waals surface area contributed by atoms with Crippen LogP contribution in [-0.4, -0.2) is 62.9 Å². The van der Waals surface area contributed by atoms with Crippen molar-refractivity contribution in [3.63, 3.8) is 0 Å². The maximum Gasteiger partial charge on any atom is 1.00 e. The van der Waals surface area contributed by atoms with Crippen molar-refractivity contribution in [3.05, 3.63) is 115 Å². The van der Waals surface area contributed by atoms with Crippen LogP contribution in [0, 0.1) is 31.8 Å². The maximum absolute atomic E-state index is 12.7. The van der Waals surface area contributed by atoms with Gasteiger partial charge in [-0.05, 0) is 140 Å². The van der Waals surface area contributed by atoms with E-state index in [1.165, 1.54) is 6.92 Å². The van der Waals surface area contributed by atoms with Gasteiger partial charge in [0.05, 0.1) is 32.5 Å². The summed E-state index contributed by atoms with van der Waals surface area (Å²) in [6.07, 6.45) is 1.58. The smallest absolute Gasteiger partial charge is 0.507 e. The average molecular weight is 1410 g/mol. The summed E-state index contributed by atoms with van der Waals surface area (Å²) in [6, 6.07) is 19.3. The van der Waals surface area contributed by atoms with Crippen LogP contribution < -0.4 is 86.5 Å². The van der Waals surface area contributed by atoms with Gasteiger partial charge in [0, 0.05) is 45.7 Å². The van der Waals surface area contributed by atoms with E-state index in [-0.39, 0.29) is 98.3 Å². The summed E-state index contributed by atoms with van der Waals surface area (Å²) in [5.41, 5.74) is 10.5. The van der Waals surface area contributed by atoms with Crippen LogP contribution in [0.3, 0.4) is 0 Å². The summed E-state index contributed by atoms with van der Waals surface area (Å²) in [5, 5.41) is 39.4. The molecule has 4 N–H and O–H groups in total. The molecule has 0 aromatic heterocycles. The van der Waals surface area contributed by atoms with Crippen molar-refractivity contribution in [3.8, 4) is 29.1 Å². The third-order valence-corrected chi connectivity index (χ3v) is 18.2. The molecular weight excluding hydrogens is 1320 g/mol. The number of rotatable bonds is 18. The van der Waals surface area contributed by atoms with E-state index in [0.717, 1.165) is 78.3 Å². The number of phenolic OH excluding ortho intramolecular Hbond substituents is 2. The zero-order chi connectivity index (χ0) is 63.7. The number of nitrogens with zero attached hydrogens (tertiary/aromatic N) is 1. The number of aromatic hydroxyl groups is 2. The Morgan fingerprint density at radius 1 is 0.471 bits per heavy atom. The third-order valence-electron chi connectivity index (χ3n) is 12.5. The van der Waals surface area contributed by atoms with Crippen molar-refractivity contribution in [2.24, 2.45) is 0 Å². The molecule has 0 fully saturated rings. The van der Waals surface area contributed by atoms with Crippen LogP contribution in [0.2, 0.25) is 0 Å². The Morgan fingerprint density at radius 2 is 0.647 bits per heavy atom. The molecule has 85 heavy (non-hydrogen) atoms. The second kappa shape index (κ2) is 36.0. The molecule has 8 bridgehead atoms. The normalized spacial score (nSPS) is 13.0. The van der Waals surface area contributed by atoms with Crippen LogP contribution >= 0.6 is 13.3 Å². The Kier molecular flexibility index (Phi) is 35.4. The fourth-order valence-electron chi connectivity index (χ4n) is 8.62. The van der Waals surface area contributed by atoms with E-state index in [4.69, 9.17) is 93.7 Å². The molecule has 0 spiro atoms. The quantitative estimate of drug-likeness (QED) is 0.0549. The molecule has 478 valence electrons. The van der Waals surface area contributed by atoms with Crippen LogP contribution in [0.4, 0.5) is 0 Å². The average Bonchev–Trinajstić information content (AvgIpc) is 3.30. The van der Waals surface area contributed by atoms with Crippen LogP contribution in [0.25, 0.3) is 0 Å². The first kappa shape index (κ1) is 83.6. The first-order valence-corrected chi connectivity index (χ1v) is 34.8. The molecule has 5 rings (SSSR count). The van der Waals surface area contributed by atoms with E-state index < -0.39 is 33.8 Å². The Labute approximate surface area is 557 Å². The van der Waals surface area contributed by atoms with Gasteiger partial charge in [0.25, 0.3) is 13.3 Å². The van der Waals surface area contributed by atoms with Crippen molar-refractivity contribution in [1.82, 2.24) is 10.2 Å². The van der Waals surface area contributed by atoms with E-state index in [0.29, 0.717) is 65.2 Å². The molecular formula is C58H87AgCl2N3NaO16P2S2. The monoisotopic (exact) mass is 1410 g/mol. The molecule has 0 radical (unpaired) electrons. The first-order chi connectivity index (χ1) is 38.0. The van der Waals surface area contributed by atoms with E-state index >= 15 is 0 Å². The van der Waals surface area contributed by atoms with Gasteiger partial charge in [0.15, 0.2) is 0 Å². The fourth-order valence-corrected chi connectivity index (χ4v) is 13.0. The molecule has 0 amide bonds. The standard InChI is InChI=1S/C56H84N2O8P2S2.C2H3N.Ag.2ClHO4.Na/c1-17-63-67(69,64-18-2)57-21-23-61-51-41-25-37-29-45(53(5,6)7)31-39(49(37)59)27-43-35-48(56(14,15)16)36-44(52(43)62-24-22-58-68(70,65-19-3)66-20-4)28-40-32-46(54(8,9)10)30-38(50(40)60)26-42(51)34-47(33-41)55(11,12)13;1-2-3;;2*2-1(3,4)5;/h29-36,59-60H,17-28H2,1-16H3,(H,57,69)(H,58,70);1H3;;2*(H,2,3,4,5);/q;;+1;;;+1/p-2. The number of hydrogen-bond acceptors (Lipinski definition) is 19. The SMILES string of the molecule is CC#N.CCOP(=S)(NCCOc1c2cc(C(C)(C)C)cc1Cc1cc(C(C)(C)C)cc(c1O)Cc1cc(C(C)(C)C)cc(c1OCCNP(=S)(OCC)OCC)Cc1cc(C(C)(C)C)cc(c1O)C2)OCC.[Ag+].[Na+].[O-][Cl+3]([O-])([O-])[O-].[O-][Cl+3]([O-])([O-])[O-]. The molecule has 1 aliphatic rings. The molecule has 4 aromatic carbocycles. The molecule has 0 saturated heterocycles. The topological polar surface area (TPSA) is 328 Å². The second-order valence-electron chi connectivity index (χ2n) is 23.4. The van der Waals surface area contributed by atoms with Gasteiger partial charge in [-0.2, -0.15) is 5.26 Å². The van der Waals surface area contributed by atoms with E-state index in [9.17, 15) is 10.2 Å². The van der Waals surface area contributed by atoms with Gasteiger partial charge < -0.3 is 37.8 Å². The first-order valence-electron chi connectivity index (χ1n) is 27.1. The predicted octanol–water partition coefficient (Wildman–Crippen LogP) is 1.52. The van der Waals surface area contributed by atoms with Crippen LogP contribution in [0.5, 0.6) is 23.0 Å². The van der Waals surface area contributed by atoms with Gasteiger partial charge in [0.1, 0.15) is 36.2 Å². The number of nitriles is 1. The largest absolute Gasteiger partial charge is 1.00 e. The number of halogens is 2. The molecule has 19 nitrogen and oxygen atoms in total. The van der Waals surface area contributed by atoms with E-state index in [2.05, 4.69) is 142 Å². The van der Waals surface area contributed by atoms with Crippen molar-refractivity contribution >= 4 is 36.9 Å². The van der Waals surface area contributed by atoms with Gasteiger partial charge in [-0.3, -0.25) is 0 Å². The minimum Gasteiger partial charge on any atom is -0.507 e. The minimum atomic E-state index is -4.94. The summed E-state index contributed by atoms with van der Waals surface area (Å²) in [4.78, 5) is 0. The molecule has 0 heterocycles. The third kappa shape index (κ3) is 29.6. The van der Waals surface area contributed by atoms with Crippen molar-refractivity contribution in [2.45, 2.75) is 165 Å². The van der Waals surface area contributed by atoms with Crippen LogP contribution in [0.15, 0.2) is 48.5 Å². The fraction of sp³-hybridized carbons (Fsp3) is 0.569. The van der Waals surface area contributed by atoms with Gasteiger partial charge in [-0.25, -0.2) is 47.4 Å². The number of fused-ring (bicyclic) bond motifs is 8. The summed E-state index contributed by atoms with van der Waals surface area (Å²) in [5.74, 6) is 1.92. The minimum absolute atomic E-state index is 0. The summed E-state index contributed by atoms with van der Waals surface area (Å²) >= 11 is 11.6. The van der Waals surface area contributed by atoms with Gasteiger partial charge in [0.2, 0.25) is 0 Å². The van der Waals surface area contributed by atoms with E-state index in [1.54, 1.807) is 6.07 Å². The number of nitrogens with one attached hydrogen (secondary N) is 2. The van der Waals surface area contributed by atoms with Gasteiger partial charge in [-0.15, -0.1) is 20.5 Å². The molecule has 0 aliphatic heterocycles. The predicted molar refractivity (Wildman–Crippen MR) is 308 cm³/mol. The van der Waals surface area contributed by atoms with Crippen molar-refractivity contribution in [2.75, 3.05) is 52.7 Å². The Morgan fingerprint density at radius 3 is 0.812 bits per heavy atom. The second-order valence-corrected chi connectivity index (χ2v) is 31.5. The maximum atomic E-state index is 12.7. The van der Waals surface area contributed by atoms with Crippen LogP contribution in [-0.2, 0) is 111 Å². The number of phenols is 2. The Balaban J connectivity index is 0.00000425. The molecule has 1 aliphatic carbocycles. The van der Waals surface area contributed by atoms with Crippen LogP contribution in [0.1, 0.15) is 184 Å². The number of ether oxygens (including phenoxy) is 2. The summed E-state index contributed by atoms with van der Waals surface area (Å²) in [7, 11) is -9.89. The van der Waals surface area contributed by atoms with Gasteiger partial charge in [-0.1, -0.05) is 132 Å². The zero-order valence-corrected chi connectivity index (χ0v) is 60.8. The Hall–Kier alpha value is -1.37. The Bertz CT molecular complexity index is 2590. The summed E-state index contributed by atoms with van der Waals surface area (Å²) < 4.78 is 105. The molecule has 4 aromatic rings. The zero-order valence-electron chi connectivity index (χ0n) is 52.4. The molecule has 0 unspecified atom stereocenters. The van der Waals surface area contributed by atoms with Crippen molar-refractivity contribution in [1.29, 1.82) is 5.26 Å².